The lowest BCUT2D eigenvalue weighted by Crippen LogP contribution is -2.42. The third-order valence-corrected chi connectivity index (χ3v) is 1.59. The number of hydrogen-bond donors (Lipinski definition) is 2. The van der Waals surface area contributed by atoms with Crippen LogP contribution in [0.2, 0.25) is 0 Å². The zero-order valence-corrected chi connectivity index (χ0v) is 4.98. The Morgan fingerprint density at radius 2 is 2.00 bits per heavy atom. The maximum Gasteiger partial charge on any atom is 0.255 e. The second kappa shape index (κ2) is 2.58. The largest absolute Gasteiger partial charge is 0.271 e. The van der Waals surface area contributed by atoms with Crippen molar-refractivity contribution >= 4 is 0 Å². The predicted octanol–water partition coefficient (Wildman–Crippen LogP) is 0.493. The van der Waals surface area contributed by atoms with Crippen molar-refractivity contribution in [2.75, 3.05) is 0 Å². The van der Waals surface area contributed by atoms with E-state index in [4.69, 9.17) is 5.84 Å². The fourth-order valence-corrected chi connectivity index (χ4v) is 0.870. The van der Waals surface area contributed by atoms with E-state index < -0.39 is 12.5 Å². The van der Waals surface area contributed by atoms with E-state index in [0.29, 0.717) is 0 Å². The van der Waals surface area contributed by atoms with Crippen molar-refractivity contribution in [1.29, 1.82) is 0 Å². The van der Waals surface area contributed by atoms with Gasteiger partial charge >= 0.3 is 0 Å². The second-order valence-electron chi connectivity index (χ2n) is 2.36. The first-order chi connectivity index (χ1) is 4.25. The molecule has 4 heteroatoms. The van der Waals surface area contributed by atoms with Crippen LogP contribution in [0.3, 0.4) is 0 Å². The summed E-state index contributed by atoms with van der Waals surface area (Å²) >= 11 is 0. The van der Waals surface area contributed by atoms with Gasteiger partial charge in [-0.2, -0.15) is 0 Å². The van der Waals surface area contributed by atoms with Gasteiger partial charge in [0.05, 0.1) is 6.04 Å². The molecule has 0 heterocycles. The van der Waals surface area contributed by atoms with Crippen LogP contribution in [0.15, 0.2) is 0 Å². The number of hydrazine groups is 1. The van der Waals surface area contributed by atoms with Crippen molar-refractivity contribution in [2.45, 2.75) is 25.3 Å². The maximum absolute atomic E-state index is 11.8. The highest BCUT2D eigenvalue weighted by molar-refractivity contribution is 4.86. The van der Waals surface area contributed by atoms with Gasteiger partial charge < -0.3 is 0 Å². The quantitative estimate of drug-likeness (QED) is 0.438. The van der Waals surface area contributed by atoms with Crippen molar-refractivity contribution in [3.63, 3.8) is 0 Å². The third kappa shape index (κ3) is 1.59. The Morgan fingerprint density at radius 1 is 1.44 bits per heavy atom. The van der Waals surface area contributed by atoms with Crippen molar-refractivity contribution in [1.82, 2.24) is 5.43 Å². The minimum atomic E-state index is -2.32. The summed E-state index contributed by atoms with van der Waals surface area (Å²) in [5.41, 5.74) is 2.11. The van der Waals surface area contributed by atoms with Gasteiger partial charge in [0.1, 0.15) is 0 Å². The number of halogens is 2. The molecule has 3 N–H and O–H groups in total. The van der Waals surface area contributed by atoms with Crippen LogP contribution in [-0.4, -0.2) is 12.5 Å². The molecule has 0 radical (unpaired) electrons. The van der Waals surface area contributed by atoms with Gasteiger partial charge in [0, 0.05) is 0 Å². The molecule has 1 atom stereocenters. The molecule has 1 saturated carbocycles. The summed E-state index contributed by atoms with van der Waals surface area (Å²) < 4.78 is 23.7. The molecule has 0 saturated heterocycles. The summed E-state index contributed by atoms with van der Waals surface area (Å²) in [7, 11) is 0. The molecule has 54 valence electrons. The van der Waals surface area contributed by atoms with Gasteiger partial charge in [-0.25, -0.2) is 8.78 Å². The Labute approximate surface area is 52.4 Å². The highest BCUT2D eigenvalue weighted by atomic mass is 19.3. The van der Waals surface area contributed by atoms with Crippen LogP contribution in [0, 0.1) is 5.92 Å². The molecule has 1 aliphatic carbocycles. The number of rotatable bonds is 3. The van der Waals surface area contributed by atoms with Crippen molar-refractivity contribution < 1.29 is 8.78 Å². The van der Waals surface area contributed by atoms with Gasteiger partial charge in [-0.1, -0.05) is 0 Å². The van der Waals surface area contributed by atoms with E-state index in [1.807, 2.05) is 0 Å². The molecule has 0 spiro atoms. The zero-order chi connectivity index (χ0) is 6.85. The van der Waals surface area contributed by atoms with Gasteiger partial charge in [0.15, 0.2) is 0 Å². The SMILES string of the molecule is NNC(C(F)F)C1CC1. The summed E-state index contributed by atoms with van der Waals surface area (Å²) in [6.45, 7) is 0. The molecule has 0 aromatic heterocycles. The lowest BCUT2D eigenvalue weighted by atomic mass is 10.2. The van der Waals surface area contributed by atoms with Gasteiger partial charge in [0.2, 0.25) is 0 Å². The van der Waals surface area contributed by atoms with Crippen LogP contribution in [-0.2, 0) is 0 Å². The smallest absolute Gasteiger partial charge is 0.255 e. The Balaban J connectivity index is 2.28. The van der Waals surface area contributed by atoms with Crippen LogP contribution < -0.4 is 11.3 Å². The number of nitrogens with two attached hydrogens (primary N) is 1. The van der Waals surface area contributed by atoms with Crippen LogP contribution in [0.5, 0.6) is 0 Å². The van der Waals surface area contributed by atoms with E-state index in [-0.39, 0.29) is 5.92 Å². The Morgan fingerprint density at radius 3 is 2.11 bits per heavy atom. The average molecular weight is 136 g/mol. The van der Waals surface area contributed by atoms with E-state index in [0.717, 1.165) is 12.8 Å². The average Bonchev–Trinajstić information content (AvgIpc) is 2.50. The lowest BCUT2D eigenvalue weighted by molar-refractivity contribution is 0.0884. The van der Waals surface area contributed by atoms with E-state index in [1.165, 1.54) is 0 Å². The number of alkyl halides is 2. The first kappa shape index (κ1) is 6.89. The molecule has 2 nitrogen and oxygen atoms in total. The summed E-state index contributed by atoms with van der Waals surface area (Å²) in [5.74, 6) is 5.00. The molecule has 9 heavy (non-hydrogen) atoms. The summed E-state index contributed by atoms with van der Waals surface area (Å²) in [5, 5.41) is 0. The Hall–Kier alpha value is -0.220. The molecule has 1 unspecified atom stereocenters. The van der Waals surface area contributed by atoms with Crippen LogP contribution in [0.25, 0.3) is 0 Å². The van der Waals surface area contributed by atoms with Gasteiger partial charge in [0.25, 0.3) is 6.43 Å². The molecule has 0 aromatic rings. The predicted molar refractivity (Wildman–Crippen MR) is 29.8 cm³/mol. The molecular formula is C5H10F2N2. The Kier molecular flexibility index (Phi) is 1.97. The van der Waals surface area contributed by atoms with Crippen molar-refractivity contribution in [2.24, 2.45) is 11.8 Å². The lowest BCUT2D eigenvalue weighted by Gasteiger charge is -2.12. The number of nitrogens with one attached hydrogen (secondary N) is 1. The zero-order valence-electron chi connectivity index (χ0n) is 4.98. The highest BCUT2D eigenvalue weighted by Gasteiger charge is 2.36. The summed E-state index contributed by atoms with van der Waals surface area (Å²) in [6, 6.07) is -0.773. The third-order valence-electron chi connectivity index (χ3n) is 1.59. The first-order valence-electron chi connectivity index (χ1n) is 3.00. The van der Waals surface area contributed by atoms with Crippen molar-refractivity contribution in [3.8, 4) is 0 Å². The number of hydrogen-bond acceptors (Lipinski definition) is 2. The maximum atomic E-state index is 11.8. The Bertz CT molecular complexity index is 91.0. The monoisotopic (exact) mass is 136 g/mol. The minimum Gasteiger partial charge on any atom is -0.271 e. The molecule has 0 aromatic carbocycles. The van der Waals surface area contributed by atoms with Crippen LogP contribution in [0.4, 0.5) is 8.78 Å². The van der Waals surface area contributed by atoms with Crippen molar-refractivity contribution in [3.05, 3.63) is 0 Å². The van der Waals surface area contributed by atoms with E-state index in [9.17, 15) is 8.78 Å². The highest BCUT2D eigenvalue weighted by Crippen LogP contribution is 2.34. The molecule has 1 aliphatic rings. The van der Waals surface area contributed by atoms with Gasteiger partial charge in [-0.3, -0.25) is 11.3 Å². The first-order valence-corrected chi connectivity index (χ1v) is 3.00. The molecule has 0 amide bonds. The molecule has 1 rings (SSSR count). The standard InChI is InChI=1S/C5H10F2N2/c6-5(7)4(9-8)3-1-2-3/h3-5,9H,1-2,8H2. The van der Waals surface area contributed by atoms with E-state index in [2.05, 4.69) is 5.43 Å². The fraction of sp³-hybridized carbons (Fsp3) is 1.00. The topological polar surface area (TPSA) is 38.0 Å². The second-order valence-corrected chi connectivity index (χ2v) is 2.36. The summed E-state index contributed by atoms with van der Waals surface area (Å²) in [4.78, 5) is 0. The molecular weight excluding hydrogens is 126 g/mol. The van der Waals surface area contributed by atoms with Gasteiger partial charge in [-0.15, -0.1) is 0 Å². The van der Waals surface area contributed by atoms with Gasteiger partial charge in [-0.05, 0) is 18.8 Å². The molecule has 0 aliphatic heterocycles. The molecule has 0 bridgehead atoms. The fourth-order valence-electron chi connectivity index (χ4n) is 0.870. The van der Waals surface area contributed by atoms with E-state index >= 15 is 0 Å². The normalized spacial score (nSPS) is 22.7. The van der Waals surface area contributed by atoms with Crippen LogP contribution >= 0.6 is 0 Å². The van der Waals surface area contributed by atoms with E-state index in [1.54, 1.807) is 0 Å². The summed E-state index contributed by atoms with van der Waals surface area (Å²) in [6.07, 6.45) is -0.541. The molecule has 1 fully saturated rings. The van der Waals surface area contributed by atoms with Crippen LogP contribution in [0.1, 0.15) is 12.8 Å². The minimum absolute atomic E-state index is 0.120.